The van der Waals surface area contributed by atoms with E-state index in [0.29, 0.717) is 12.1 Å². The van der Waals surface area contributed by atoms with Gasteiger partial charge in [-0.05, 0) is 86.5 Å². The zero-order valence-corrected chi connectivity index (χ0v) is 21.5. The van der Waals surface area contributed by atoms with Gasteiger partial charge in [0, 0.05) is 42.2 Å². The first-order chi connectivity index (χ1) is 17.6. The maximum Gasteiger partial charge on any atom is 0.169 e. The van der Waals surface area contributed by atoms with Gasteiger partial charge in [-0.1, -0.05) is 32.0 Å². The van der Waals surface area contributed by atoms with Crippen LogP contribution in [0.4, 0.5) is 11.4 Å². The van der Waals surface area contributed by atoms with Gasteiger partial charge in [0.15, 0.2) is 5.78 Å². The molecule has 3 aliphatic rings. The number of aliphatic imine (C=N–C) groups is 1. The fraction of sp³-hybridized carbons (Fsp3) is 0.452. The molecule has 0 atom stereocenters. The number of ketones is 1. The van der Waals surface area contributed by atoms with Crippen LogP contribution < -0.4 is 5.32 Å². The van der Waals surface area contributed by atoms with Crippen molar-refractivity contribution < 1.29 is 4.79 Å². The van der Waals surface area contributed by atoms with E-state index in [1.165, 1.54) is 18.4 Å². The number of pyridine rings is 1. The van der Waals surface area contributed by atoms with Crippen molar-refractivity contribution in [3.05, 3.63) is 53.7 Å². The number of benzene rings is 2. The second-order valence-corrected chi connectivity index (χ2v) is 10.6. The molecule has 0 bridgehead atoms. The van der Waals surface area contributed by atoms with Crippen molar-refractivity contribution in [2.75, 3.05) is 18.4 Å². The Bertz CT molecular complexity index is 1310. The van der Waals surface area contributed by atoms with E-state index in [-0.39, 0.29) is 11.7 Å². The summed E-state index contributed by atoms with van der Waals surface area (Å²) < 4.78 is 0. The van der Waals surface area contributed by atoms with Crippen molar-refractivity contribution in [3.8, 4) is 11.1 Å². The Morgan fingerprint density at radius 2 is 1.72 bits per heavy atom. The minimum absolute atomic E-state index is 0.168. The molecule has 0 radical (unpaired) electrons. The Labute approximate surface area is 214 Å². The molecule has 2 heterocycles. The van der Waals surface area contributed by atoms with Crippen LogP contribution >= 0.6 is 0 Å². The Kier molecular flexibility index (Phi) is 6.34. The number of rotatable bonds is 8. The summed E-state index contributed by atoms with van der Waals surface area (Å²) in [5, 5.41) is 4.92. The van der Waals surface area contributed by atoms with E-state index >= 15 is 0 Å². The van der Waals surface area contributed by atoms with Gasteiger partial charge >= 0.3 is 0 Å². The van der Waals surface area contributed by atoms with Gasteiger partial charge in [-0.25, -0.2) is 0 Å². The summed E-state index contributed by atoms with van der Waals surface area (Å²) in [4.78, 5) is 25.2. The van der Waals surface area contributed by atoms with Crippen molar-refractivity contribution in [3.63, 3.8) is 0 Å². The Morgan fingerprint density at radius 3 is 2.47 bits per heavy atom. The lowest BCUT2D eigenvalue weighted by molar-refractivity contribution is 0.0968. The molecule has 6 rings (SSSR count). The van der Waals surface area contributed by atoms with Crippen LogP contribution in [0, 0.1) is 5.92 Å². The highest BCUT2D eigenvalue weighted by atomic mass is 16.1. The number of hydrogen-bond donors (Lipinski definition) is 1. The SMILES string of the molecule is CCN(CC)C1CCC(Nc2c(C(=O)C3CC3)cnc3ccc(-c4ccc5c(c4)N=CC5)cc23)CC1. The summed E-state index contributed by atoms with van der Waals surface area (Å²) in [6.45, 7) is 6.76. The standard InChI is InChI=1S/C31H36N4O/c1-3-35(4-2)25-12-10-24(11-13-25)34-30-26-17-22(23-8-5-20-15-16-32-29(20)18-23)9-14-28(26)33-19-27(30)31(36)21-6-7-21/h5,8-9,14,16-19,21,24-25H,3-4,6-7,10-13,15H2,1-2H3,(H,33,34). The summed E-state index contributed by atoms with van der Waals surface area (Å²) >= 11 is 0. The Hall–Kier alpha value is -3.05. The van der Waals surface area contributed by atoms with Gasteiger partial charge < -0.3 is 10.2 Å². The first-order valence-corrected chi connectivity index (χ1v) is 13.8. The van der Waals surface area contributed by atoms with E-state index in [0.717, 1.165) is 84.2 Å². The third-order valence-corrected chi connectivity index (χ3v) is 8.42. The van der Waals surface area contributed by atoms with Crippen molar-refractivity contribution in [1.82, 2.24) is 9.88 Å². The van der Waals surface area contributed by atoms with Crippen LogP contribution in [0.2, 0.25) is 0 Å². The summed E-state index contributed by atoms with van der Waals surface area (Å²) in [5.41, 5.74) is 7.33. The number of hydrogen-bond acceptors (Lipinski definition) is 5. The van der Waals surface area contributed by atoms with Gasteiger partial charge in [-0.2, -0.15) is 0 Å². The van der Waals surface area contributed by atoms with E-state index in [1.54, 1.807) is 0 Å². The molecule has 2 aromatic carbocycles. The molecule has 2 aliphatic carbocycles. The molecule has 0 spiro atoms. The van der Waals surface area contributed by atoms with E-state index in [1.807, 2.05) is 12.4 Å². The zero-order chi connectivity index (χ0) is 24.6. The van der Waals surface area contributed by atoms with E-state index in [4.69, 9.17) is 4.98 Å². The highest BCUT2D eigenvalue weighted by Gasteiger charge is 2.33. The fourth-order valence-electron chi connectivity index (χ4n) is 6.09. The highest BCUT2D eigenvalue weighted by Crippen LogP contribution is 2.39. The molecule has 36 heavy (non-hydrogen) atoms. The van der Waals surface area contributed by atoms with Gasteiger partial charge in [0.05, 0.1) is 22.5 Å². The first-order valence-electron chi connectivity index (χ1n) is 13.8. The maximum atomic E-state index is 13.3. The lowest BCUT2D eigenvalue weighted by atomic mass is 9.89. The number of nitrogens with zero attached hydrogens (tertiary/aromatic N) is 3. The van der Waals surface area contributed by atoms with Crippen LogP contribution in [-0.4, -0.2) is 47.1 Å². The molecule has 0 saturated heterocycles. The fourth-order valence-corrected chi connectivity index (χ4v) is 6.09. The average Bonchev–Trinajstić information content (AvgIpc) is 3.66. The molecule has 0 unspecified atom stereocenters. The van der Waals surface area contributed by atoms with Crippen molar-refractivity contribution >= 4 is 34.3 Å². The quantitative estimate of drug-likeness (QED) is 0.360. The second-order valence-electron chi connectivity index (χ2n) is 10.6. The normalized spacial score (nSPS) is 21.2. The Balaban J connectivity index is 1.35. The lowest BCUT2D eigenvalue weighted by Gasteiger charge is -2.36. The van der Waals surface area contributed by atoms with Crippen LogP contribution in [0.1, 0.15) is 68.3 Å². The smallest absolute Gasteiger partial charge is 0.169 e. The molecular weight excluding hydrogens is 444 g/mol. The average molecular weight is 481 g/mol. The topological polar surface area (TPSA) is 57.6 Å². The number of Topliss-reactive ketones (excluding diaryl/α,β-unsaturated/α-hetero) is 1. The molecule has 3 aromatic rings. The van der Waals surface area contributed by atoms with Gasteiger partial charge in [0.1, 0.15) is 0 Å². The second kappa shape index (κ2) is 9.78. The highest BCUT2D eigenvalue weighted by molar-refractivity contribution is 6.10. The predicted molar refractivity (Wildman–Crippen MR) is 149 cm³/mol. The first kappa shape index (κ1) is 23.4. The Morgan fingerprint density at radius 1 is 0.972 bits per heavy atom. The predicted octanol–water partition coefficient (Wildman–Crippen LogP) is 6.82. The monoisotopic (exact) mass is 480 g/mol. The minimum Gasteiger partial charge on any atom is -0.381 e. The number of fused-ring (bicyclic) bond motifs is 2. The molecule has 5 heteroatoms. The molecule has 186 valence electrons. The number of aromatic nitrogens is 1. The molecular formula is C31H36N4O. The summed E-state index contributed by atoms with van der Waals surface area (Å²) in [6, 6.07) is 14.0. The van der Waals surface area contributed by atoms with Gasteiger partial charge in [0.25, 0.3) is 0 Å². The lowest BCUT2D eigenvalue weighted by Crippen LogP contribution is -2.40. The number of nitrogens with one attached hydrogen (secondary N) is 1. The van der Waals surface area contributed by atoms with E-state index < -0.39 is 0 Å². The van der Waals surface area contributed by atoms with Crippen molar-refractivity contribution in [1.29, 1.82) is 0 Å². The number of carbonyl (C=O) groups excluding carboxylic acids is 1. The summed E-state index contributed by atoms with van der Waals surface area (Å²) in [6.07, 6.45) is 11.4. The largest absolute Gasteiger partial charge is 0.381 e. The zero-order valence-electron chi connectivity index (χ0n) is 21.5. The molecule has 2 fully saturated rings. The van der Waals surface area contributed by atoms with Crippen LogP contribution in [0.3, 0.4) is 0 Å². The maximum absolute atomic E-state index is 13.3. The van der Waals surface area contributed by atoms with Crippen molar-refractivity contribution in [2.45, 2.75) is 70.9 Å². The molecule has 0 amide bonds. The molecule has 1 aromatic heterocycles. The number of carbonyl (C=O) groups is 1. The summed E-state index contributed by atoms with van der Waals surface area (Å²) in [5.74, 6) is 0.418. The van der Waals surface area contributed by atoms with Gasteiger partial charge in [-0.3, -0.25) is 14.8 Å². The summed E-state index contributed by atoms with van der Waals surface area (Å²) in [7, 11) is 0. The van der Waals surface area contributed by atoms with Crippen LogP contribution in [0.25, 0.3) is 22.0 Å². The minimum atomic E-state index is 0.168. The molecule has 5 nitrogen and oxygen atoms in total. The van der Waals surface area contributed by atoms with Gasteiger partial charge in [0.2, 0.25) is 0 Å². The van der Waals surface area contributed by atoms with Crippen LogP contribution in [-0.2, 0) is 6.42 Å². The van der Waals surface area contributed by atoms with E-state index in [9.17, 15) is 4.79 Å². The molecule has 1 aliphatic heterocycles. The third kappa shape index (κ3) is 4.45. The third-order valence-electron chi connectivity index (χ3n) is 8.42. The molecule has 2 saturated carbocycles. The number of anilines is 1. The van der Waals surface area contributed by atoms with Crippen LogP contribution in [0.15, 0.2) is 47.6 Å². The van der Waals surface area contributed by atoms with Gasteiger partial charge in [-0.15, -0.1) is 0 Å². The molecule has 1 N–H and O–H groups in total. The van der Waals surface area contributed by atoms with Crippen molar-refractivity contribution in [2.24, 2.45) is 10.9 Å². The van der Waals surface area contributed by atoms with Crippen LogP contribution in [0.5, 0.6) is 0 Å². The van der Waals surface area contributed by atoms with E-state index in [2.05, 4.69) is 65.5 Å².